The highest BCUT2D eigenvalue weighted by atomic mass is 15.0. The summed E-state index contributed by atoms with van der Waals surface area (Å²) in [5, 5.41) is 3.69. The minimum atomic E-state index is 0.564. The van der Waals surface area contributed by atoms with Crippen LogP contribution < -0.4 is 5.32 Å². The quantitative estimate of drug-likeness (QED) is 0.862. The summed E-state index contributed by atoms with van der Waals surface area (Å²) in [5.41, 5.74) is 2.97. The molecule has 0 radical (unpaired) electrons. The molecule has 1 aliphatic heterocycles. The lowest BCUT2D eigenvalue weighted by molar-refractivity contribution is 0.397. The molecule has 2 rings (SSSR count). The summed E-state index contributed by atoms with van der Waals surface area (Å²) < 4.78 is 0. The maximum atomic E-state index is 3.69. The highest BCUT2D eigenvalue weighted by molar-refractivity contribution is 5.30. The van der Waals surface area contributed by atoms with Crippen molar-refractivity contribution in [3.63, 3.8) is 0 Å². The molecule has 1 atom stereocenters. The maximum Gasteiger partial charge on any atom is 0.0323 e. The summed E-state index contributed by atoms with van der Waals surface area (Å²) in [6.45, 7) is 2.20. The standard InChI is InChI=1S/C15H24N2/c1-17(2)12-13-8-5-6-9-14(13)15-10-4-3-7-11-16-15/h5-6,8-9,15-16H,3-4,7,10-12H2,1-2H3. The van der Waals surface area contributed by atoms with Gasteiger partial charge in [-0.3, -0.25) is 0 Å². The van der Waals surface area contributed by atoms with Gasteiger partial charge in [-0.25, -0.2) is 0 Å². The smallest absolute Gasteiger partial charge is 0.0323 e. The molecule has 1 heterocycles. The van der Waals surface area contributed by atoms with Gasteiger partial charge in [0.15, 0.2) is 0 Å². The van der Waals surface area contributed by atoms with Crippen molar-refractivity contribution in [2.45, 2.75) is 38.3 Å². The second-order valence-corrected chi connectivity index (χ2v) is 5.29. The second kappa shape index (κ2) is 6.18. The van der Waals surface area contributed by atoms with Gasteiger partial charge >= 0.3 is 0 Å². The first-order chi connectivity index (χ1) is 8.27. The van der Waals surface area contributed by atoms with E-state index >= 15 is 0 Å². The largest absolute Gasteiger partial charge is 0.310 e. The van der Waals surface area contributed by atoms with Crippen molar-refractivity contribution in [1.29, 1.82) is 0 Å². The Bertz CT molecular complexity index is 339. The molecule has 17 heavy (non-hydrogen) atoms. The first kappa shape index (κ1) is 12.6. The monoisotopic (exact) mass is 232 g/mol. The van der Waals surface area contributed by atoms with Gasteiger partial charge in [0.05, 0.1) is 0 Å². The molecule has 1 saturated heterocycles. The van der Waals surface area contributed by atoms with Gasteiger partial charge in [0, 0.05) is 12.6 Å². The second-order valence-electron chi connectivity index (χ2n) is 5.29. The van der Waals surface area contributed by atoms with Crippen LogP contribution in [-0.4, -0.2) is 25.5 Å². The van der Waals surface area contributed by atoms with Crippen LogP contribution in [0.3, 0.4) is 0 Å². The number of benzene rings is 1. The summed E-state index contributed by atoms with van der Waals surface area (Å²) >= 11 is 0. The van der Waals surface area contributed by atoms with Gasteiger partial charge in [-0.2, -0.15) is 0 Å². The molecule has 1 N–H and O–H groups in total. The van der Waals surface area contributed by atoms with Crippen molar-refractivity contribution in [2.24, 2.45) is 0 Å². The molecule has 0 aliphatic carbocycles. The Labute approximate surface area is 105 Å². The van der Waals surface area contributed by atoms with Crippen LogP contribution >= 0.6 is 0 Å². The van der Waals surface area contributed by atoms with E-state index in [1.165, 1.54) is 43.4 Å². The van der Waals surface area contributed by atoms with E-state index in [9.17, 15) is 0 Å². The van der Waals surface area contributed by atoms with Crippen LogP contribution in [0.2, 0.25) is 0 Å². The van der Waals surface area contributed by atoms with E-state index in [4.69, 9.17) is 0 Å². The average molecular weight is 232 g/mol. The van der Waals surface area contributed by atoms with Crippen LogP contribution in [-0.2, 0) is 6.54 Å². The molecule has 0 amide bonds. The summed E-state index contributed by atoms with van der Waals surface area (Å²) in [6.07, 6.45) is 5.34. The number of hydrogen-bond acceptors (Lipinski definition) is 2. The first-order valence-corrected chi connectivity index (χ1v) is 6.73. The van der Waals surface area contributed by atoms with Gasteiger partial charge < -0.3 is 10.2 Å². The van der Waals surface area contributed by atoms with Gasteiger partial charge in [-0.05, 0) is 44.6 Å². The Balaban J connectivity index is 2.17. The van der Waals surface area contributed by atoms with Gasteiger partial charge in [0.1, 0.15) is 0 Å². The predicted molar refractivity (Wildman–Crippen MR) is 73.0 cm³/mol. The van der Waals surface area contributed by atoms with Crippen LogP contribution in [0, 0.1) is 0 Å². The summed E-state index contributed by atoms with van der Waals surface area (Å²) in [4.78, 5) is 2.25. The first-order valence-electron chi connectivity index (χ1n) is 6.73. The fourth-order valence-corrected chi connectivity index (χ4v) is 2.65. The molecule has 2 heteroatoms. The molecule has 1 unspecified atom stereocenters. The van der Waals surface area contributed by atoms with Gasteiger partial charge in [0.2, 0.25) is 0 Å². The van der Waals surface area contributed by atoms with E-state index in [1.54, 1.807) is 0 Å². The van der Waals surface area contributed by atoms with Crippen LogP contribution in [0.1, 0.15) is 42.9 Å². The Morgan fingerprint density at radius 3 is 2.82 bits per heavy atom. The normalized spacial score (nSPS) is 21.5. The summed E-state index contributed by atoms with van der Waals surface area (Å²) in [5.74, 6) is 0. The molecule has 94 valence electrons. The lowest BCUT2D eigenvalue weighted by atomic mass is 9.96. The number of rotatable bonds is 3. The van der Waals surface area contributed by atoms with Crippen molar-refractivity contribution in [3.8, 4) is 0 Å². The van der Waals surface area contributed by atoms with Gasteiger partial charge in [0.25, 0.3) is 0 Å². The fraction of sp³-hybridized carbons (Fsp3) is 0.600. The van der Waals surface area contributed by atoms with E-state index in [-0.39, 0.29) is 0 Å². The molecule has 0 spiro atoms. The highest BCUT2D eigenvalue weighted by Crippen LogP contribution is 2.25. The molecule has 1 aliphatic rings. The predicted octanol–water partition coefficient (Wildman–Crippen LogP) is 2.95. The van der Waals surface area contributed by atoms with E-state index in [0.29, 0.717) is 6.04 Å². The Morgan fingerprint density at radius 2 is 2.00 bits per heavy atom. The van der Waals surface area contributed by atoms with Crippen LogP contribution in [0.4, 0.5) is 0 Å². The van der Waals surface area contributed by atoms with E-state index in [2.05, 4.69) is 48.6 Å². The lowest BCUT2D eigenvalue weighted by Gasteiger charge is -2.21. The topological polar surface area (TPSA) is 15.3 Å². The van der Waals surface area contributed by atoms with Gasteiger partial charge in [-0.15, -0.1) is 0 Å². The molecule has 1 fully saturated rings. The minimum absolute atomic E-state index is 0.564. The van der Waals surface area contributed by atoms with E-state index < -0.39 is 0 Å². The zero-order valence-electron chi connectivity index (χ0n) is 11.1. The summed E-state index contributed by atoms with van der Waals surface area (Å²) in [6, 6.07) is 9.44. The Hall–Kier alpha value is -0.860. The average Bonchev–Trinajstić information content (AvgIpc) is 2.57. The van der Waals surface area contributed by atoms with Crippen LogP contribution in [0.25, 0.3) is 0 Å². The molecular weight excluding hydrogens is 208 g/mol. The minimum Gasteiger partial charge on any atom is -0.310 e. The third-order valence-corrected chi connectivity index (χ3v) is 3.48. The lowest BCUT2D eigenvalue weighted by Crippen LogP contribution is -2.22. The fourth-order valence-electron chi connectivity index (χ4n) is 2.65. The molecule has 0 saturated carbocycles. The third-order valence-electron chi connectivity index (χ3n) is 3.48. The van der Waals surface area contributed by atoms with Crippen molar-refractivity contribution >= 4 is 0 Å². The van der Waals surface area contributed by atoms with E-state index in [0.717, 1.165) is 6.54 Å². The number of nitrogens with one attached hydrogen (secondary N) is 1. The van der Waals surface area contributed by atoms with Crippen molar-refractivity contribution in [1.82, 2.24) is 10.2 Å². The van der Waals surface area contributed by atoms with E-state index in [1.807, 2.05) is 0 Å². The van der Waals surface area contributed by atoms with Crippen molar-refractivity contribution < 1.29 is 0 Å². The highest BCUT2D eigenvalue weighted by Gasteiger charge is 2.16. The Kier molecular flexibility index (Phi) is 4.57. The molecule has 1 aromatic rings. The molecular formula is C15H24N2. The maximum absolute atomic E-state index is 3.69. The Morgan fingerprint density at radius 1 is 1.18 bits per heavy atom. The van der Waals surface area contributed by atoms with Crippen LogP contribution in [0.15, 0.2) is 24.3 Å². The molecule has 1 aromatic carbocycles. The zero-order chi connectivity index (χ0) is 12.1. The molecule has 0 bridgehead atoms. The van der Waals surface area contributed by atoms with Gasteiger partial charge in [-0.1, -0.05) is 37.1 Å². The SMILES string of the molecule is CN(C)Cc1ccccc1C1CCCCCN1. The number of nitrogens with zero attached hydrogens (tertiary/aromatic N) is 1. The van der Waals surface area contributed by atoms with Crippen LogP contribution in [0.5, 0.6) is 0 Å². The molecule has 0 aromatic heterocycles. The van der Waals surface area contributed by atoms with Crippen molar-refractivity contribution in [3.05, 3.63) is 35.4 Å². The molecule has 2 nitrogen and oxygen atoms in total. The summed E-state index contributed by atoms with van der Waals surface area (Å²) in [7, 11) is 4.27. The number of hydrogen-bond donors (Lipinski definition) is 1. The third kappa shape index (κ3) is 3.55. The van der Waals surface area contributed by atoms with Crippen molar-refractivity contribution in [2.75, 3.05) is 20.6 Å². The zero-order valence-corrected chi connectivity index (χ0v) is 11.1.